The van der Waals surface area contributed by atoms with Crippen molar-refractivity contribution in [2.75, 3.05) is 0 Å². The number of ketones is 1. The van der Waals surface area contributed by atoms with Gasteiger partial charge in [-0.2, -0.15) is 0 Å². The lowest BCUT2D eigenvalue weighted by molar-refractivity contribution is 0.104. The summed E-state index contributed by atoms with van der Waals surface area (Å²) in [7, 11) is 0. The molecule has 0 fully saturated rings. The van der Waals surface area contributed by atoms with E-state index >= 15 is 0 Å². The molecule has 0 aliphatic rings. The van der Waals surface area contributed by atoms with Crippen LogP contribution in [0.25, 0.3) is 0 Å². The van der Waals surface area contributed by atoms with Crippen molar-refractivity contribution in [3.63, 3.8) is 0 Å². The SMILES string of the molecule is C=CC(=O)c1ccc(F)c(F)c1C. The van der Waals surface area contributed by atoms with Crippen LogP contribution in [0, 0.1) is 18.6 Å². The van der Waals surface area contributed by atoms with Crippen molar-refractivity contribution in [2.45, 2.75) is 6.92 Å². The van der Waals surface area contributed by atoms with Crippen LogP contribution in [0.15, 0.2) is 24.8 Å². The standard InChI is InChI=1S/C10H8F2O/c1-3-9(13)7-4-5-8(11)10(12)6(7)2/h3-5H,1H2,2H3. The summed E-state index contributed by atoms with van der Waals surface area (Å²) in [5.74, 6) is -2.33. The predicted molar refractivity (Wildman–Crippen MR) is 45.6 cm³/mol. The maximum absolute atomic E-state index is 12.9. The molecule has 0 aliphatic carbocycles. The van der Waals surface area contributed by atoms with Crippen LogP contribution in [0.2, 0.25) is 0 Å². The fraction of sp³-hybridized carbons (Fsp3) is 0.100. The Labute approximate surface area is 74.7 Å². The van der Waals surface area contributed by atoms with Crippen LogP contribution in [0.3, 0.4) is 0 Å². The van der Waals surface area contributed by atoms with Gasteiger partial charge in [0.2, 0.25) is 0 Å². The molecule has 3 heteroatoms. The number of carbonyl (C=O) groups excluding carboxylic acids is 1. The Hall–Kier alpha value is -1.51. The first-order valence-electron chi connectivity index (χ1n) is 3.69. The number of hydrogen-bond donors (Lipinski definition) is 0. The van der Waals surface area contributed by atoms with Crippen molar-refractivity contribution in [3.05, 3.63) is 47.5 Å². The Balaban J connectivity index is 3.33. The highest BCUT2D eigenvalue weighted by atomic mass is 19.2. The van der Waals surface area contributed by atoms with Crippen LogP contribution < -0.4 is 0 Å². The van der Waals surface area contributed by atoms with E-state index in [-0.39, 0.29) is 11.1 Å². The maximum atomic E-state index is 12.9. The Morgan fingerprint density at radius 2 is 2.08 bits per heavy atom. The molecule has 13 heavy (non-hydrogen) atoms. The summed E-state index contributed by atoms with van der Waals surface area (Å²) in [6.07, 6.45) is 1.07. The lowest BCUT2D eigenvalue weighted by Crippen LogP contribution is -2.01. The van der Waals surface area contributed by atoms with Crippen LogP contribution in [0.4, 0.5) is 8.78 Å². The normalized spacial score (nSPS) is 9.77. The van der Waals surface area contributed by atoms with Crippen molar-refractivity contribution in [1.82, 2.24) is 0 Å². The molecular weight excluding hydrogens is 174 g/mol. The maximum Gasteiger partial charge on any atom is 0.185 e. The molecule has 0 radical (unpaired) electrons. The number of hydrogen-bond acceptors (Lipinski definition) is 1. The van der Waals surface area contributed by atoms with Crippen LogP contribution >= 0.6 is 0 Å². The lowest BCUT2D eigenvalue weighted by Gasteiger charge is -2.03. The van der Waals surface area contributed by atoms with Gasteiger partial charge < -0.3 is 0 Å². The molecule has 0 saturated carbocycles. The van der Waals surface area contributed by atoms with E-state index in [0.717, 1.165) is 12.1 Å². The summed E-state index contributed by atoms with van der Waals surface area (Å²) in [6.45, 7) is 4.62. The summed E-state index contributed by atoms with van der Waals surface area (Å²) in [6, 6.07) is 2.18. The second kappa shape index (κ2) is 3.47. The van der Waals surface area contributed by atoms with Gasteiger partial charge in [-0.3, -0.25) is 4.79 Å². The van der Waals surface area contributed by atoms with E-state index in [9.17, 15) is 13.6 Å². The summed E-state index contributed by atoms with van der Waals surface area (Å²) < 4.78 is 25.5. The monoisotopic (exact) mass is 182 g/mol. The first-order valence-corrected chi connectivity index (χ1v) is 3.69. The molecule has 1 nitrogen and oxygen atoms in total. The fourth-order valence-corrected chi connectivity index (χ4v) is 1.03. The number of allylic oxidation sites excluding steroid dienone is 1. The van der Waals surface area contributed by atoms with Crippen LogP contribution in [0.5, 0.6) is 0 Å². The first-order chi connectivity index (χ1) is 6.07. The van der Waals surface area contributed by atoms with Crippen LogP contribution in [-0.2, 0) is 0 Å². The molecule has 1 rings (SSSR count). The van der Waals surface area contributed by atoms with E-state index in [1.807, 2.05) is 0 Å². The molecule has 0 aromatic heterocycles. The summed E-state index contributed by atoms with van der Waals surface area (Å²) in [5.41, 5.74) is 0.166. The third-order valence-electron chi connectivity index (χ3n) is 1.79. The second-order valence-corrected chi connectivity index (χ2v) is 2.60. The highest BCUT2D eigenvalue weighted by Gasteiger charge is 2.12. The Bertz CT molecular complexity index is 369. The van der Waals surface area contributed by atoms with Crippen molar-refractivity contribution in [1.29, 1.82) is 0 Å². The van der Waals surface area contributed by atoms with E-state index in [1.165, 1.54) is 13.0 Å². The first kappa shape index (κ1) is 9.58. The minimum atomic E-state index is -0.979. The van der Waals surface area contributed by atoms with Gasteiger partial charge in [-0.05, 0) is 30.7 Å². The largest absolute Gasteiger partial charge is 0.289 e. The fourth-order valence-electron chi connectivity index (χ4n) is 1.03. The van der Waals surface area contributed by atoms with E-state index < -0.39 is 17.4 Å². The minimum absolute atomic E-state index is 0.0184. The Morgan fingerprint density at radius 3 is 2.62 bits per heavy atom. The molecular formula is C10H8F2O. The van der Waals surface area contributed by atoms with E-state index in [0.29, 0.717) is 0 Å². The quantitative estimate of drug-likeness (QED) is 0.507. The van der Waals surface area contributed by atoms with Gasteiger partial charge in [0.15, 0.2) is 17.4 Å². The topological polar surface area (TPSA) is 17.1 Å². The summed E-state index contributed by atoms with van der Waals surface area (Å²) in [5, 5.41) is 0. The van der Waals surface area contributed by atoms with Gasteiger partial charge in [-0.25, -0.2) is 8.78 Å². The van der Waals surface area contributed by atoms with E-state index in [1.54, 1.807) is 0 Å². The van der Waals surface area contributed by atoms with Gasteiger partial charge in [0.1, 0.15) is 0 Å². The highest BCUT2D eigenvalue weighted by molar-refractivity contribution is 6.05. The molecule has 1 aromatic rings. The lowest BCUT2D eigenvalue weighted by atomic mass is 10.0. The van der Waals surface area contributed by atoms with Gasteiger partial charge >= 0.3 is 0 Å². The van der Waals surface area contributed by atoms with Crippen molar-refractivity contribution in [3.8, 4) is 0 Å². The zero-order chi connectivity index (χ0) is 10.0. The zero-order valence-electron chi connectivity index (χ0n) is 7.10. The highest BCUT2D eigenvalue weighted by Crippen LogP contribution is 2.16. The molecule has 0 atom stereocenters. The molecule has 0 N–H and O–H groups in total. The van der Waals surface area contributed by atoms with Crippen molar-refractivity contribution >= 4 is 5.78 Å². The van der Waals surface area contributed by atoms with Crippen molar-refractivity contribution in [2.24, 2.45) is 0 Å². The molecule has 0 spiro atoms. The van der Waals surface area contributed by atoms with Crippen molar-refractivity contribution < 1.29 is 13.6 Å². The van der Waals surface area contributed by atoms with Gasteiger partial charge in [0.05, 0.1) is 0 Å². The van der Waals surface area contributed by atoms with Gasteiger partial charge in [-0.15, -0.1) is 0 Å². The average Bonchev–Trinajstić information content (AvgIpc) is 2.13. The van der Waals surface area contributed by atoms with E-state index in [4.69, 9.17) is 0 Å². The number of carbonyl (C=O) groups is 1. The van der Waals surface area contributed by atoms with Crippen LogP contribution in [-0.4, -0.2) is 5.78 Å². The smallest absolute Gasteiger partial charge is 0.185 e. The molecule has 0 saturated heterocycles. The average molecular weight is 182 g/mol. The van der Waals surface area contributed by atoms with Gasteiger partial charge in [-0.1, -0.05) is 6.58 Å². The predicted octanol–water partition coefficient (Wildman–Crippen LogP) is 2.64. The molecule has 0 amide bonds. The Morgan fingerprint density at radius 1 is 1.46 bits per heavy atom. The molecule has 0 bridgehead atoms. The third-order valence-corrected chi connectivity index (χ3v) is 1.79. The number of rotatable bonds is 2. The van der Waals surface area contributed by atoms with E-state index in [2.05, 4.69) is 6.58 Å². The van der Waals surface area contributed by atoms with Gasteiger partial charge in [0.25, 0.3) is 0 Å². The molecule has 0 unspecified atom stereocenters. The van der Waals surface area contributed by atoms with Crippen LogP contribution in [0.1, 0.15) is 15.9 Å². The second-order valence-electron chi connectivity index (χ2n) is 2.60. The molecule has 1 aromatic carbocycles. The number of halogens is 2. The molecule has 0 aliphatic heterocycles. The summed E-state index contributed by atoms with van der Waals surface area (Å²) in [4.78, 5) is 11.1. The third kappa shape index (κ3) is 1.64. The molecule has 0 heterocycles. The minimum Gasteiger partial charge on any atom is -0.289 e. The Kier molecular flexibility index (Phi) is 2.56. The molecule has 68 valence electrons. The summed E-state index contributed by atoms with van der Waals surface area (Å²) >= 11 is 0. The zero-order valence-corrected chi connectivity index (χ0v) is 7.10. The number of benzene rings is 1. The van der Waals surface area contributed by atoms with Gasteiger partial charge in [0, 0.05) is 5.56 Å².